The van der Waals surface area contributed by atoms with Gasteiger partial charge < -0.3 is 10.2 Å². The number of nitrogens with zero attached hydrogens (tertiary/aromatic N) is 4. The topological polar surface area (TPSA) is 45.5 Å². The lowest BCUT2D eigenvalue weighted by atomic mass is 10.2. The van der Waals surface area contributed by atoms with Crippen molar-refractivity contribution in [2.24, 2.45) is 0 Å². The van der Waals surface area contributed by atoms with Gasteiger partial charge in [0.15, 0.2) is 5.65 Å². The van der Waals surface area contributed by atoms with Crippen molar-refractivity contribution in [1.29, 1.82) is 0 Å². The van der Waals surface area contributed by atoms with Gasteiger partial charge in [0.05, 0.1) is 0 Å². The molecule has 0 spiro atoms. The van der Waals surface area contributed by atoms with Crippen LogP contribution in [0.4, 0.5) is 5.95 Å². The van der Waals surface area contributed by atoms with Crippen LogP contribution in [0.15, 0.2) is 18.3 Å². The van der Waals surface area contributed by atoms with Gasteiger partial charge in [0, 0.05) is 25.3 Å². The van der Waals surface area contributed by atoms with Crippen molar-refractivity contribution >= 4 is 11.6 Å². The zero-order valence-electron chi connectivity index (χ0n) is 13.0. The van der Waals surface area contributed by atoms with Crippen LogP contribution in [0.25, 0.3) is 5.65 Å². The first kappa shape index (κ1) is 14.3. The molecule has 3 heterocycles. The lowest BCUT2D eigenvalue weighted by Gasteiger charge is -2.24. The molecule has 114 valence electrons. The number of pyridine rings is 1. The average molecular weight is 287 g/mol. The molecule has 1 aliphatic rings. The van der Waals surface area contributed by atoms with E-state index in [2.05, 4.69) is 35.2 Å². The van der Waals surface area contributed by atoms with Crippen molar-refractivity contribution in [2.75, 3.05) is 24.5 Å². The van der Waals surface area contributed by atoms with Crippen molar-refractivity contribution < 1.29 is 0 Å². The Balaban J connectivity index is 1.81. The Kier molecular flexibility index (Phi) is 4.39. The van der Waals surface area contributed by atoms with E-state index in [9.17, 15) is 0 Å². The summed E-state index contributed by atoms with van der Waals surface area (Å²) in [5.41, 5.74) is 2.13. The summed E-state index contributed by atoms with van der Waals surface area (Å²) in [6.45, 7) is 7.50. The Hall–Kier alpha value is -1.62. The Bertz CT molecular complexity index is 585. The van der Waals surface area contributed by atoms with Gasteiger partial charge in [-0.25, -0.2) is 4.52 Å². The van der Waals surface area contributed by atoms with Crippen LogP contribution < -0.4 is 10.2 Å². The number of hydrogen-bond donors (Lipinski definition) is 1. The van der Waals surface area contributed by atoms with Crippen molar-refractivity contribution in [3.05, 3.63) is 23.9 Å². The van der Waals surface area contributed by atoms with E-state index >= 15 is 0 Å². The molecule has 1 unspecified atom stereocenters. The molecular weight excluding hydrogens is 262 g/mol. The maximum absolute atomic E-state index is 4.70. The molecule has 0 aliphatic carbocycles. The third kappa shape index (κ3) is 3.35. The van der Waals surface area contributed by atoms with Crippen LogP contribution in [0.5, 0.6) is 0 Å². The second-order valence-electron chi connectivity index (χ2n) is 6.01. The highest BCUT2D eigenvalue weighted by Crippen LogP contribution is 2.15. The quantitative estimate of drug-likeness (QED) is 0.886. The van der Waals surface area contributed by atoms with E-state index < -0.39 is 0 Å². The molecule has 0 bridgehead atoms. The number of rotatable bonds is 6. The summed E-state index contributed by atoms with van der Waals surface area (Å²) in [4.78, 5) is 7.04. The Morgan fingerprint density at radius 1 is 1.43 bits per heavy atom. The molecular formula is C16H25N5. The van der Waals surface area contributed by atoms with Crippen LogP contribution in [0.1, 0.15) is 38.2 Å². The number of aromatic nitrogens is 3. The molecule has 5 heteroatoms. The van der Waals surface area contributed by atoms with E-state index in [1.54, 1.807) is 0 Å². The van der Waals surface area contributed by atoms with Gasteiger partial charge in [-0.15, -0.1) is 5.10 Å². The summed E-state index contributed by atoms with van der Waals surface area (Å²) >= 11 is 0. The minimum Gasteiger partial charge on any atom is -0.338 e. The highest BCUT2D eigenvalue weighted by molar-refractivity contribution is 5.45. The fourth-order valence-corrected chi connectivity index (χ4v) is 2.91. The van der Waals surface area contributed by atoms with E-state index in [-0.39, 0.29) is 0 Å². The van der Waals surface area contributed by atoms with Gasteiger partial charge in [-0.2, -0.15) is 4.98 Å². The fourth-order valence-electron chi connectivity index (χ4n) is 2.91. The first-order chi connectivity index (χ1) is 10.3. The van der Waals surface area contributed by atoms with Gasteiger partial charge >= 0.3 is 0 Å². The summed E-state index contributed by atoms with van der Waals surface area (Å²) in [6, 6.07) is 4.70. The molecule has 5 nitrogen and oxygen atoms in total. The minimum absolute atomic E-state index is 0.579. The number of aryl methyl sites for hydroxylation is 1. The number of nitrogens with one attached hydrogen (secondary N) is 1. The second kappa shape index (κ2) is 6.43. The molecule has 0 aromatic carbocycles. The molecule has 0 radical (unpaired) electrons. The van der Waals surface area contributed by atoms with E-state index in [1.165, 1.54) is 31.2 Å². The lowest BCUT2D eigenvalue weighted by Crippen LogP contribution is -2.38. The molecule has 0 amide bonds. The molecule has 2 aromatic rings. The Morgan fingerprint density at radius 2 is 2.33 bits per heavy atom. The maximum Gasteiger partial charge on any atom is 0.245 e. The molecule has 1 fully saturated rings. The van der Waals surface area contributed by atoms with Crippen LogP contribution >= 0.6 is 0 Å². The number of hydrogen-bond acceptors (Lipinski definition) is 4. The van der Waals surface area contributed by atoms with Crippen LogP contribution in [-0.4, -0.2) is 40.3 Å². The monoisotopic (exact) mass is 287 g/mol. The SMILES string of the molecule is CCCCN(CC1CCCN1)c1nc2ccc(C)cn2n1. The van der Waals surface area contributed by atoms with E-state index in [4.69, 9.17) is 4.98 Å². The van der Waals surface area contributed by atoms with Crippen molar-refractivity contribution in [3.63, 3.8) is 0 Å². The summed E-state index contributed by atoms with van der Waals surface area (Å²) < 4.78 is 1.89. The zero-order chi connectivity index (χ0) is 14.7. The first-order valence-corrected chi connectivity index (χ1v) is 8.07. The predicted octanol–water partition coefficient (Wildman–Crippen LogP) is 2.40. The summed E-state index contributed by atoms with van der Waals surface area (Å²) in [7, 11) is 0. The average Bonchev–Trinajstić information content (AvgIpc) is 3.11. The predicted molar refractivity (Wildman–Crippen MR) is 85.9 cm³/mol. The third-order valence-electron chi connectivity index (χ3n) is 4.14. The van der Waals surface area contributed by atoms with Gasteiger partial charge in [-0.1, -0.05) is 19.4 Å². The molecule has 0 saturated carbocycles. The largest absolute Gasteiger partial charge is 0.338 e. The van der Waals surface area contributed by atoms with Crippen molar-refractivity contribution in [3.8, 4) is 0 Å². The van der Waals surface area contributed by atoms with Crippen LogP contribution in [0.3, 0.4) is 0 Å². The standard InChI is InChI=1S/C16H25N5/c1-3-4-10-20(12-14-6-5-9-17-14)16-18-15-8-7-13(2)11-21(15)19-16/h7-8,11,14,17H,3-6,9-10,12H2,1-2H3. The highest BCUT2D eigenvalue weighted by atomic mass is 15.4. The minimum atomic E-state index is 0.579. The van der Waals surface area contributed by atoms with Crippen molar-refractivity contribution in [1.82, 2.24) is 19.9 Å². The summed E-state index contributed by atoms with van der Waals surface area (Å²) in [5, 5.41) is 8.24. The molecule has 2 aromatic heterocycles. The Morgan fingerprint density at radius 3 is 3.10 bits per heavy atom. The van der Waals surface area contributed by atoms with Gasteiger partial charge in [0.1, 0.15) is 0 Å². The van der Waals surface area contributed by atoms with Crippen molar-refractivity contribution in [2.45, 2.75) is 45.6 Å². The van der Waals surface area contributed by atoms with Crippen LogP contribution in [0, 0.1) is 6.92 Å². The van der Waals surface area contributed by atoms with Gasteiger partial charge in [0.25, 0.3) is 0 Å². The van der Waals surface area contributed by atoms with Crippen LogP contribution in [-0.2, 0) is 0 Å². The van der Waals surface area contributed by atoms with Crippen LogP contribution in [0.2, 0.25) is 0 Å². The fraction of sp³-hybridized carbons (Fsp3) is 0.625. The van der Waals surface area contributed by atoms with E-state index in [0.29, 0.717) is 6.04 Å². The highest BCUT2D eigenvalue weighted by Gasteiger charge is 2.20. The van der Waals surface area contributed by atoms with E-state index in [0.717, 1.165) is 31.2 Å². The molecule has 1 atom stereocenters. The zero-order valence-corrected chi connectivity index (χ0v) is 13.0. The van der Waals surface area contributed by atoms with Gasteiger partial charge in [0.2, 0.25) is 5.95 Å². The molecule has 1 aliphatic heterocycles. The normalized spacial score (nSPS) is 18.5. The van der Waals surface area contributed by atoms with Gasteiger partial charge in [-0.3, -0.25) is 0 Å². The lowest BCUT2D eigenvalue weighted by molar-refractivity contribution is 0.565. The smallest absolute Gasteiger partial charge is 0.245 e. The third-order valence-corrected chi connectivity index (χ3v) is 4.14. The first-order valence-electron chi connectivity index (χ1n) is 8.07. The molecule has 21 heavy (non-hydrogen) atoms. The number of anilines is 1. The summed E-state index contributed by atoms with van der Waals surface area (Å²) in [6.07, 6.45) is 6.96. The molecule has 1 saturated heterocycles. The van der Waals surface area contributed by atoms with E-state index in [1.807, 2.05) is 16.8 Å². The Labute approximate surface area is 126 Å². The summed E-state index contributed by atoms with van der Waals surface area (Å²) in [5.74, 6) is 0.864. The molecule has 3 rings (SSSR count). The molecule has 1 N–H and O–H groups in total. The number of unbranched alkanes of at least 4 members (excludes halogenated alkanes) is 1. The number of fused-ring (bicyclic) bond motifs is 1. The maximum atomic E-state index is 4.70. The van der Waals surface area contributed by atoms with Gasteiger partial charge in [-0.05, 0) is 44.4 Å². The second-order valence-corrected chi connectivity index (χ2v) is 6.01.